The summed E-state index contributed by atoms with van der Waals surface area (Å²) in [5.41, 5.74) is 0. The highest BCUT2D eigenvalue weighted by Gasteiger charge is 2.31. The molecule has 1 heterocycles. The average molecular weight is 245 g/mol. The first-order chi connectivity index (χ1) is 7.69. The van der Waals surface area contributed by atoms with E-state index in [1.165, 1.54) is 0 Å². The van der Waals surface area contributed by atoms with E-state index in [0.717, 1.165) is 31.3 Å². The Balaban J connectivity index is 2.40. The lowest BCUT2D eigenvalue weighted by atomic mass is 10.1. The molecule has 2 amide bonds. The summed E-state index contributed by atoms with van der Waals surface area (Å²) in [6.07, 6.45) is 2.69. The van der Waals surface area contributed by atoms with Crippen molar-refractivity contribution < 1.29 is 9.59 Å². The number of carbonyl (C=O) groups excluding carboxylic acids is 2. The molecule has 0 bridgehead atoms. The normalized spacial score (nSPS) is 20.2. The van der Waals surface area contributed by atoms with E-state index in [4.69, 9.17) is 5.14 Å². The number of likely N-dealkylation sites (tertiary alicyclic amines) is 1. The zero-order chi connectivity index (χ0) is 12.0. The molecule has 0 aromatic rings. The fourth-order valence-corrected chi connectivity index (χ4v) is 2.21. The van der Waals surface area contributed by atoms with Crippen LogP contribution in [0.2, 0.25) is 0 Å². The number of rotatable bonds is 6. The van der Waals surface area contributed by atoms with E-state index in [1.807, 2.05) is 11.8 Å². The van der Waals surface area contributed by atoms with Gasteiger partial charge in [0.05, 0.1) is 5.88 Å². The van der Waals surface area contributed by atoms with Crippen LogP contribution < -0.4 is 10.5 Å². The third-order valence-corrected chi connectivity index (χ3v) is 3.00. The van der Waals surface area contributed by atoms with Gasteiger partial charge in [-0.2, -0.15) is 0 Å². The molecule has 1 aliphatic heterocycles. The van der Waals surface area contributed by atoms with Gasteiger partial charge in [-0.05, 0) is 12.8 Å². The fraction of sp³-hybridized carbons (Fsp3) is 0.800. The topological polar surface area (TPSA) is 75.4 Å². The highest BCUT2D eigenvalue weighted by atomic mass is 32.2. The molecule has 0 spiro atoms. The van der Waals surface area contributed by atoms with E-state index < -0.39 is 0 Å². The van der Waals surface area contributed by atoms with Gasteiger partial charge in [-0.25, -0.2) is 0 Å². The fourth-order valence-electron chi connectivity index (χ4n) is 1.96. The first kappa shape index (κ1) is 13.3. The van der Waals surface area contributed by atoms with Gasteiger partial charge in [0.25, 0.3) is 0 Å². The molecule has 6 heteroatoms. The zero-order valence-electron chi connectivity index (χ0n) is 9.57. The highest BCUT2D eigenvalue weighted by molar-refractivity contribution is 7.97. The monoisotopic (exact) mass is 245 g/mol. The molecule has 3 N–H and O–H groups in total. The van der Waals surface area contributed by atoms with E-state index in [0.29, 0.717) is 18.7 Å². The van der Waals surface area contributed by atoms with Crippen LogP contribution in [0.4, 0.5) is 0 Å². The van der Waals surface area contributed by atoms with Crippen LogP contribution in [0, 0.1) is 0 Å². The van der Waals surface area contributed by atoms with E-state index in [2.05, 4.69) is 5.32 Å². The Kier molecular flexibility index (Phi) is 5.62. The van der Waals surface area contributed by atoms with Gasteiger partial charge in [0.1, 0.15) is 0 Å². The van der Waals surface area contributed by atoms with Crippen LogP contribution in [0.15, 0.2) is 0 Å². The van der Waals surface area contributed by atoms with Crippen molar-refractivity contribution in [3.8, 4) is 0 Å². The second-order valence-corrected chi connectivity index (χ2v) is 4.52. The lowest BCUT2D eigenvalue weighted by Crippen LogP contribution is -2.37. The summed E-state index contributed by atoms with van der Waals surface area (Å²) in [5, 5.41) is 7.92. The Hall–Kier alpha value is -0.750. The molecular weight excluding hydrogens is 226 g/mol. The molecule has 0 aromatic heterocycles. The molecule has 1 atom stereocenters. The molecule has 0 saturated carbocycles. The third kappa shape index (κ3) is 3.68. The van der Waals surface area contributed by atoms with Crippen LogP contribution in [0.25, 0.3) is 0 Å². The zero-order valence-corrected chi connectivity index (χ0v) is 10.4. The summed E-state index contributed by atoms with van der Waals surface area (Å²) in [5.74, 6) is 0.569. The van der Waals surface area contributed by atoms with Crippen LogP contribution in [0.3, 0.4) is 0 Å². The van der Waals surface area contributed by atoms with Gasteiger partial charge in [-0.1, -0.05) is 18.9 Å². The second kappa shape index (κ2) is 6.75. The Morgan fingerprint density at radius 3 is 3.06 bits per heavy atom. The molecule has 5 nitrogen and oxygen atoms in total. The number of nitrogens with two attached hydrogens (primary N) is 1. The van der Waals surface area contributed by atoms with E-state index in [-0.39, 0.29) is 17.9 Å². The smallest absolute Gasteiger partial charge is 0.222 e. The average Bonchev–Trinajstić information content (AvgIpc) is 2.59. The largest absolute Gasteiger partial charge is 0.346 e. The maximum absolute atomic E-state index is 11.5. The van der Waals surface area contributed by atoms with Crippen molar-refractivity contribution in [1.82, 2.24) is 10.2 Å². The van der Waals surface area contributed by atoms with E-state index in [1.54, 1.807) is 0 Å². The number of nitrogens with zero attached hydrogens (tertiary/aromatic N) is 1. The lowest BCUT2D eigenvalue weighted by molar-refractivity contribution is -0.129. The first-order valence-corrected chi connectivity index (χ1v) is 6.61. The van der Waals surface area contributed by atoms with Crippen molar-refractivity contribution in [1.29, 1.82) is 0 Å². The number of nitrogens with one attached hydrogen (secondary N) is 1. The maximum Gasteiger partial charge on any atom is 0.222 e. The van der Waals surface area contributed by atoms with Gasteiger partial charge in [0, 0.05) is 25.4 Å². The molecule has 0 aromatic carbocycles. The molecule has 0 aliphatic carbocycles. The Morgan fingerprint density at radius 2 is 2.44 bits per heavy atom. The quantitative estimate of drug-likeness (QED) is 0.526. The van der Waals surface area contributed by atoms with Crippen molar-refractivity contribution in [2.75, 3.05) is 12.4 Å². The Bertz CT molecular complexity index is 260. The Labute approximate surface area is 100 Å². The molecule has 1 rings (SSSR count). The van der Waals surface area contributed by atoms with Gasteiger partial charge < -0.3 is 10.2 Å². The van der Waals surface area contributed by atoms with Crippen LogP contribution in [0.5, 0.6) is 0 Å². The molecule has 92 valence electrons. The van der Waals surface area contributed by atoms with Gasteiger partial charge in [0.2, 0.25) is 11.8 Å². The highest BCUT2D eigenvalue weighted by Crippen LogP contribution is 2.21. The molecule has 16 heavy (non-hydrogen) atoms. The summed E-state index contributed by atoms with van der Waals surface area (Å²) >= 11 is 1.09. The Morgan fingerprint density at radius 1 is 1.69 bits per heavy atom. The van der Waals surface area contributed by atoms with Gasteiger partial charge in [0.15, 0.2) is 0 Å². The van der Waals surface area contributed by atoms with Crippen molar-refractivity contribution in [3.63, 3.8) is 0 Å². The number of carbonyl (C=O) groups is 2. The molecule has 0 radical (unpaired) electrons. The molecule has 1 unspecified atom stereocenters. The standard InChI is InChI=1S/C10H19N3O2S/c1-2-5-13-8(3-4-10(13)15)6-9(14)12-7-16-11/h8H,2-7,11H2,1H3,(H,12,14). The molecule has 1 saturated heterocycles. The molecular formula is C10H19N3O2S. The van der Waals surface area contributed by atoms with E-state index >= 15 is 0 Å². The van der Waals surface area contributed by atoms with Crippen LogP contribution in [-0.4, -0.2) is 35.2 Å². The van der Waals surface area contributed by atoms with Crippen LogP contribution in [0.1, 0.15) is 32.6 Å². The van der Waals surface area contributed by atoms with Crippen molar-refractivity contribution in [2.24, 2.45) is 5.14 Å². The first-order valence-electron chi connectivity index (χ1n) is 5.56. The van der Waals surface area contributed by atoms with Gasteiger partial charge in [-0.15, -0.1) is 0 Å². The minimum Gasteiger partial charge on any atom is -0.346 e. The van der Waals surface area contributed by atoms with E-state index in [9.17, 15) is 9.59 Å². The molecule has 1 fully saturated rings. The van der Waals surface area contributed by atoms with Crippen LogP contribution in [-0.2, 0) is 9.59 Å². The lowest BCUT2D eigenvalue weighted by Gasteiger charge is -2.23. The van der Waals surface area contributed by atoms with Crippen molar-refractivity contribution in [2.45, 2.75) is 38.6 Å². The van der Waals surface area contributed by atoms with Gasteiger partial charge in [-0.3, -0.25) is 14.7 Å². The van der Waals surface area contributed by atoms with Crippen molar-refractivity contribution in [3.05, 3.63) is 0 Å². The predicted molar refractivity (Wildman–Crippen MR) is 64.4 cm³/mol. The summed E-state index contributed by atoms with van der Waals surface area (Å²) in [6, 6.07) is 0.0789. The summed E-state index contributed by atoms with van der Waals surface area (Å²) in [7, 11) is 0. The SMILES string of the molecule is CCCN1C(=O)CCC1CC(=O)NCSN. The number of hydrogen-bond acceptors (Lipinski definition) is 4. The summed E-state index contributed by atoms with van der Waals surface area (Å²) in [4.78, 5) is 24.9. The maximum atomic E-state index is 11.5. The number of amides is 2. The summed E-state index contributed by atoms with van der Waals surface area (Å²) in [6.45, 7) is 2.79. The minimum atomic E-state index is -0.0289. The number of hydrogen-bond donors (Lipinski definition) is 2. The molecule has 1 aliphatic rings. The predicted octanol–water partition coefficient (Wildman–Crippen LogP) is 0.458. The summed E-state index contributed by atoms with van der Waals surface area (Å²) < 4.78 is 0. The third-order valence-electron chi connectivity index (χ3n) is 2.69. The van der Waals surface area contributed by atoms with Crippen molar-refractivity contribution >= 4 is 23.8 Å². The van der Waals surface area contributed by atoms with Crippen LogP contribution >= 0.6 is 11.9 Å². The minimum absolute atomic E-state index is 0.0289. The van der Waals surface area contributed by atoms with Gasteiger partial charge >= 0.3 is 0 Å². The second-order valence-electron chi connectivity index (χ2n) is 3.89.